The van der Waals surface area contributed by atoms with Crippen LogP contribution in [0.15, 0.2) is 34.9 Å². The number of hydrogen-bond acceptors (Lipinski definition) is 3. The summed E-state index contributed by atoms with van der Waals surface area (Å²) >= 11 is 4.62. The van der Waals surface area contributed by atoms with Crippen molar-refractivity contribution in [2.75, 3.05) is 0 Å². The van der Waals surface area contributed by atoms with Gasteiger partial charge in [0.25, 0.3) is 0 Å². The van der Waals surface area contributed by atoms with E-state index in [9.17, 15) is 4.79 Å². The van der Waals surface area contributed by atoms with Crippen LogP contribution in [-0.4, -0.2) is 20.5 Å². The van der Waals surface area contributed by atoms with Crippen molar-refractivity contribution in [1.29, 1.82) is 0 Å². The third kappa shape index (κ3) is 2.06. The van der Waals surface area contributed by atoms with Gasteiger partial charge in [0.05, 0.1) is 5.69 Å². The van der Waals surface area contributed by atoms with Crippen LogP contribution >= 0.6 is 27.3 Å². The third-order valence-electron chi connectivity index (χ3n) is 2.87. The minimum atomic E-state index is -0.918. The third-order valence-corrected chi connectivity index (χ3v) is 4.34. The number of carbonyl (C=O) groups is 1. The second-order valence-corrected chi connectivity index (χ2v) is 6.03. The van der Waals surface area contributed by atoms with Crippen molar-refractivity contribution >= 4 is 38.2 Å². The maximum absolute atomic E-state index is 10.9. The number of fused-ring (bicyclic) bond motifs is 1. The van der Waals surface area contributed by atoms with Gasteiger partial charge in [-0.1, -0.05) is 39.4 Å². The summed E-state index contributed by atoms with van der Waals surface area (Å²) < 4.78 is 2.82. The lowest BCUT2D eigenvalue weighted by molar-refractivity contribution is 0.0702. The molecule has 0 spiro atoms. The zero-order chi connectivity index (χ0) is 13.6. The smallest absolute Gasteiger partial charge is 0.347 e. The quantitative estimate of drug-likeness (QED) is 0.773. The van der Waals surface area contributed by atoms with Gasteiger partial charge in [-0.25, -0.2) is 9.78 Å². The number of thiazole rings is 1. The van der Waals surface area contributed by atoms with E-state index in [1.54, 1.807) is 6.20 Å². The molecule has 19 heavy (non-hydrogen) atoms. The fourth-order valence-corrected chi connectivity index (χ4v) is 3.23. The Kier molecular flexibility index (Phi) is 2.91. The van der Waals surface area contributed by atoms with Gasteiger partial charge in [-0.2, -0.15) is 0 Å². The molecule has 0 bridgehead atoms. The number of aromatic carboxylic acids is 1. The SMILES string of the molecule is Cc1c(-c2cccc(Br)c2)nc2sc(C(=O)O)cn12. The highest BCUT2D eigenvalue weighted by Gasteiger charge is 2.16. The van der Waals surface area contributed by atoms with E-state index in [0.717, 1.165) is 21.4 Å². The molecule has 1 aromatic carbocycles. The molecular formula is C13H9BrN2O2S. The van der Waals surface area contributed by atoms with Crippen LogP contribution in [0.3, 0.4) is 0 Å². The molecule has 4 nitrogen and oxygen atoms in total. The van der Waals surface area contributed by atoms with Crippen LogP contribution in [0.4, 0.5) is 0 Å². The number of halogens is 1. The molecule has 6 heteroatoms. The van der Waals surface area contributed by atoms with Crippen molar-refractivity contribution < 1.29 is 9.90 Å². The molecule has 0 saturated heterocycles. The summed E-state index contributed by atoms with van der Waals surface area (Å²) in [5.74, 6) is -0.918. The summed E-state index contributed by atoms with van der Waals surface area (Å²) in [5, 5.41) is 8.98. The zero-order valence-corrected chi connectivity index (χ0v) is 12.3. The molecule has 0 saturated carbocycles. The number of aryl methyl sites for hydroxylation is 1. The monoisotopic (exact) mass is 336 g/mol. The number of carboxylic acid groups (broad SMARTS) is 1. The lowest BCUT2D eigenvalue weighted by Crippen LogP contribution is -1.92. The Balaban J connectivity index is 2.18. The van der Waals surface area contributed by atoms with Crippen molar-refractivity contribution in [2.24, 2.45) is 0 Å². The van der Waals surface area contributed by atoms with Crippen LogP contribution in [0.2, 0.25) is 0 Å². The number of benzene rings is 1. The molecule has 0 amide bonds. The van der Waals surface area contributed by atoms with Crippen molar-refractivity contribution in [3.63, 3.8) is 0 Å². The van der Waals surface area contributed by atoms with Gasteiger partial charge in [0.1, 0.15) is 4.88 Å². The standard InChI is InChI=1S/C13H9BrN2O2S/c1-7-11(8-3-2-4-9(14)5-8)15-13-16(7)6-10(19-13)12(17)18/h2-6H,1H3,(H,17,18). The Morgan fingerprint density at radius 2 is 2.26 bits per heavy atom. The van der Waals surface area contributed by atoms with Gasteiger partial charge in [0, 0.05) is 21.9 Å². The van der Waals surface area contributed by atoms with Crippen LogP contribution in [0.25, 0.3) is 16.2 Å². The van der Waals surface area contributed by atoms with E-state index in [4.69, 9.17) is 5.11 Å². The number of nitrogens with zero attached hydrogens (tertiary/aromatic N) is 2. The first-order valence-electron chi connectivity index (χ1n) is 5.54. The number of carboxylic acids is 1. The lowest BCUT2D eigenvalue weighted by atomic mass is 10.1. The van der Waals surface area contributed by atoms with Gasteiger partial charge < -0.3 is 5.11 Å². The van der Waals surface area contributed by atoms with Gasteiger partial charge in [-0.05, 0) is 19.1 Å². The highest BCUT2D eigenvalue weighted by molar-refractivity contribution is 9.10. The van der Waals surface area contributed by atoms with Crippen LogP contribution in [0.1, 0.15) is 15.4 Å². The summed E-state index contributed by atoms with van der Waals surface area (Å²) in [7, 11) is 0. The average molecular weight is 337 g/mol. The molecule has 1 N–H and O–H groups in total. The molecule has 0 fully saturated rings. The van der Waals surface area contributed by atoms with Crippen LogP contribution in [-0.2, 0) is 0 Å². The van der Waals surface area contributed by atoms with Crippen molar-refractivity contribution in [3.05, 3.63) is 45.5 Å². The number of rotatable bonds is 2. The second-order valence-electron chi connectivity index (χ2n) is 4.11. The van der Waals surface area contributed by atoms with E-state index in [1.165, 1.54) is 11.3 Å². The van der Waals surface area contributed by atoms with Gasteiger partial charge in [0.15, 0.2) is 4.96 Å². The van der Waals surface area contributed by atoms with Gasteiger partial charge >= 0.3 is 5.97 Å². The number of imidazole rings is 1. The molecule has 2 aromatic heterocycles. The summed E-state index contributed by atoms with van der Waals surface area (Å²) in [6.07, 6.45) is 1.62. The maximum atomic E-state index is 10.9. The molecule has 0 radical (unpaired) electrons. The van der Waals surface area contributed by atoms with Crippen molar-refractivity contribution in [3.8, 4) is 11.3 Å². The van der Waals surface area contributed by atoms with Gasteiger partial charge in [0.2, 0.25) is 0 Å². The molecule has 96 valence electrons. The first-order valence-corrected chi connectivity index (χ1v) is 7.15. The highest BCUT2D eigenvalue weighted by Crippen LogP contribution is 2.29. The predicted octanol–water partition coefficient (Wildman–Crippen LogP) is 3.83. The molecule has 0 atom stereocenters. The van der Waals surface area contributed by atoms with Crippen molar-refractivity contribution in [1.82, 2.24) is 9.38 Å². The minimum absolute atomic E-state index is 0.298. The minimum Gasteiger partial charge on any atom is -0.477 e. The molecule has 0 aliphatic carbocycles. The summed E-state index contributed by atoms with van der Waals surface area (Å²) in [4.78, 5) is 16.5. The zero-order valence-electron chi connectivity index (χ0n) is 9.92. The Morgan fingerprint density at radius 1 is 1.47 bits per heavy atom. The summed E-state index contributed by atoms with van der Waals surface area (Å²) in [6.45, 7) is 1.94. The van der Waals surface area contributed by atoms with Crippen molar-refractivity contribution in [2.45, 2.75) is 6.92 Å². The fourth-order valence-electron chi connectivity index (χ4n) is 1.96. The molecule has 0 aliphatic rings. The van der Waals surface area contributed by atoms with E-state index >= 15 is 0 Å². The Morgan fingerprint density at radius 3 is 2.89 bits per heavy atom. The Hall–Kier alpha value is -1.66. The van der Waals surface area contributed by atoms with E-state index in [0.29, 0.717) is 9.84 Å². The Labute approximate surface area is 121 Å². The normalized spacial score (nSPS) is 11.1. The second kappa shape index (κ2) is 4.47. The van der Waals surface area contributed by atoms with Gasteiger partial charge in [-0.3, -0.25) is 4.40 Å². The number of hydrogen-bond donors (Lipinski definition) is 1. The lowest BCUT2D eigenvalue weighted by Gasteiger charge is -1.99. The highest BCUT2D eigenvalue weighted by atomic mass is 79.9. The fraction of sp³-hybridized carbons (Fsp3) is 0.0769. The molecule has 3 rings (SSSR count). The first kappa shape index (κ1) is 12.4. The largest absolute Gasteiger partial charge is 0.477 e. The summed E-state index contributed by atoms with van der Waals surface area (Å²) in [6, 6.07) is 7.90. The van der Waals surface area contributed by atoms with Gasteiger partial charge in [-0.15, -0.1) is 0 Å². The molecule has 0 aliphatic heterocycles. The average Bonchev–Trinajstić information content (AvgIpc) is 2.90. The van der Waals surface area contributed by atoms with E-state index in [2.05, 4.69) is 20.9 Å². The predicted molar refractivity (Wildman–Crippen MR) is 77.9 cm³/mol. The maximum Gasteiger partial charge on any atom is 0.347 e. The molecular weight excluding hydrogens is 328 g/mol. The number of aromatic nitrogens is 2. The van der Waals surface area contributed by atoms with E-state index in [-0.39, 0.29) is 0 Å². The topological polar surface area (TPSA) is 54.6 Å². The molecule has 3 aromatic rings. The summed E-state index contributed by atoms with van der Waals surface area (Å²) in [5.41, 5.74) is 2.83. The van der Waals surface area contributed by atoms with Crippen LogP contribution < -0.4 is 0 Å². The first-order chi connectivity index (χ1) is 9.06. The molecule has 0 unspecified atom stereocenters. The van der Waals surface area contributed by atoms with Crippen LogP contribution in [0.5, 0.6) is 0 Å². The van der Waals surface area contributed by atoms with Crippen LogP contribution in [0, 0.1) is 6.92 Å². The van der Waals surface area contributed by atoms with E-state index < -0.39 is 5.97 Å². The Bertz CT molecular complexity index is 791. The van der Waals surface area contributed by atoms with E-state index in [1.807, 2.05) is 35.6 Å². The molecule has 2 heterocycles.